The van der Waals surface area contributed by atoms with Gasteiger partial charge in [-0.05, 0) is 62.0 Å². The van der Waals surface area contributed by atoms with Crippen LogP contribution in [0.1, 0.15) is 19.3 Å². The summed E-state index contributed by atoms with van der Waals surface area (Å²) >= 11 is 7.60. The van der Waals surface area contributed by atoms with Crippen molar-refractivity contribution in [3.8, 4) is 0 Å². The summed E-state index contributed by atoms with van der Waals surface area (Å²) in [7, 11) is 0. The minimum absolute atomic E-state index is 0. The van der Waals surface area contributed by atoms with Crippen molar-refractivity contribution in [1.29, 1.82) is 0 Å². The molecule has 1 aliphatic carbocycles. The lowest BCUT2D eigenvalue weighted by molar-refractivity contribution is -0.123. The van der Waals surface area contributed by atoms with E-state index in [-0.39, 0.29) is 24.2 Å². The van der Waals surface area contributed by atoms with Crippen molar-refractivity contribution < 1.29 is 4.79 Å². The van der Waals surface area contributed by atoms with Gasteiger partial charge in [-0.2, -0.15) is 0 Å². The Morgan fingerprint density at radius 1 is 1.32 bits per heavy atom. The molecule has 122 valence electrons. The highest BCUT2D eigenvalue weighted by Gasteiger charge is 2.57. The second kappa shape index (κ2) is 7.91. The Labute approximate surface area is 147 Å². The fourth-order valence-electron chi connectivity index (χ4n) is 3.19. The van der Waals surface area contributed by atoms with Crippen molar-refractivity contribution in [3.63, 3.8) is 0 Å². The first kappa shape index (κ1) is 17.9. The number of piperidine rings is 1. The molecule has 0 bridgehead atoms. The highest BCUT2D eigenvalue weighted by molar-refractivity contribution is 7.99. The Kier molecular flexibility index (Phi) is 6.45. The van der Waals surface area contributed by atoms with Gasteiger partial charge in [0.25, 0.3) is 0 Å². The van der Waals surface area contributed by atoms with Crippen molar-refractivity contribution >= 4 is 41.7 Å². The van der Waals surface area contributed by atoms with Gasteiger partial charge in [-0.1, -0.05) is 11.6 Å². The van der Waals surface area contributed by atoms with Crippen LogP contribution in [-0.2, 0) is 4.79 Å². The summed E-state index contributed by atoms with van der Waals surface area (Å²) in [6.45, 7) is 2.86. The van der Waals surface area contributed by atoms with Gasteiger partial charge in [-0.15, -0.1) is 24.2 Å². The molecule has 1 unspecified atom stereocenters. The van der Waals surface area contributed by atoms with Crippen LogP contribution >= 0.6 is 35.8 Å². The predicted octanol–water partition coefficient (Wildman–Crippen LogP) is 3.36. The van der Waals surface area contributed by atoms with Crippen LogP contribution in [0.4, 0.5) is 0 Å². The number of hydrogen-bond donors (Lipinski definition) is 2. The molecule has 3 rings (SSSR count). The van der Waals surface area contributed by atoms with Crippen LogP contribution in [0, 0.1) is 11.3 Å². The van der Waals surface area contributed by atoms with Gasteiger partial charge in [0.1, 0.15) is 0 Å². The van der Waals surface area contributed by atoms with E-state index < -0.39 is 0 Å². The Morgan fingerprint density at radius 2 is 2.00 bits per heavy atom. The van der Waals surface area contributed by atoms with Crippen molar-refractivity contribution in [2.75, 3.05) is 25.4 Å². The molecule has 3 nitrogen and oxygen atoms in total. The summed E-state index contributed by atoms with van der Waals surface area (Å²) < 4.78 is 0. The fourth-order valence-corrected chi connectivity index (χ4v) is 4.09. The predicted molar refractivity (Wildman–Crippen MR) is 95.1 cm³/mol. The zero-order chi connectivity index (χ0) is 14.7. The molecule has 1 aromatic rings. The summed E-state index contributed by atoms with van der Waals surface area (Å²) in [6.07, 6.45) is 3.40. The fraction of sp³-hybridized carbons (Fsp3) is 0.562. The molecule has 1 saturated carbocycles. The summed E-state index contributed by atoms with van der Waals surface area (Å²) in [5.41, 5.74) is 0.332. The van der Waals surface area contributed by atoms with E-state index in [2.05, 4.69) is 10.6 Å². The van der Waals surface area contributed by atoms with Crippen molar-refractivity contribution in [3.05, 3.63) is 29.3 Å². The largest absolute Gasteiger partial charge is 0.355 e. The number of benzene rings is 1. The average molecular weight is 361 g/mol. The number of carbonyl (C=O) groups is 1. The molecule has 2 fully saturated rings. The Hall–Kier alpha value is -0.420. The van der Waals surface area contributed by atoms with Gasteiger partial charge < -0.3 is 10.6 Å². The number of halogens is 2. The number of hydrogen-bond acceptors (Lipinski definition) is 3. The summed E-state index contributed by atoms with van der Waals surface area (Å²) in [4.78, 5) is 13.4. The van der Waals surface area contributed by atoms with E-state index in [0.29, 0.717) is 5.41 Å². The van der Waals surface area contributed by atoms with Gasteiger partial charge in [-0.3, -0.25) is 4.79 Å². The van der Waals surface area contributed by atoms with Crippen molar-refractivity contribution in [2.24, 2.45) is 11.3 Å². The summed E-state index contributed by atoms with van der Waals surface area (Å²) in [5, 5.41) is 7.22. The number of rotatable bonds is 5. The van der Waals surface area contributed by atoms with Crippen LogP contribution in [0.2, 0.25) is 5.02 Å². The van der Waals surface area contributed by atoms with Crippen molar-refractivity contribution in [2.45, 2.75) is 24.2 Å². The number of nitrogens with one attached hydrogen (secondary N) is 2. The average Bonchev–Trinajstić information content (AvgIpc) is 3.19. The zero-order valence-corrected chi connectivity index (χ0v) is 14.8. The molecule has 2 aliphatic rings. The van der Waals surface area contributed by atoms with E-state index in [1.54, 1.807) is 11.8 Å². The molecule has 22 heavy (non-hydrogen) atoms. The molecule has 1 amide bonds. The zero-order valence-electron chi connectivity index (χ0n) is 12.4. The van der Waals surface area contributed by atoms with Crippen LogP contribution in [0.5, 0.6) is 0 Å². The number of thioether (sulfide) groups is 1. The van der Waals surface area contributed by atoms with Crippen LogP contribution in [0.25, 0.3) is 0 Å². The molecule has 1 spiro atoms. The monoisotopic (exact) mass is 360 g/mol. The molecular formula is C16H22Cl2N2OS. The van der Waals surface area contributed by atoms with Crippen LogP contribution < -0.4 is 10.6 Å². The molecule has 1 aliphatic heterocycles. The highest BCUT2D eigenvalue weighted by Crippen LogP contribution is 2.58. The van der Waals surface area contributed by atoms with Gasteiger partial charge in [0.2, 0.25) is 5.91 Å². The second-order valence-corrected chi connectivity index (χ2v) is 7.57. The molecule has 0 aromatic heterocycles. The maximum Gasteiger partial charge on any atom is 0.223 e. The molecular weight excluding hydrogens is 339 g/mol. The second-order valence-electron chi connectivity index (χ2n) is 5.96. The van der Waals surface area contributed by atoms with Crippen LogP contribution in [0.15, 0.2) is 29.2 Å². The third kappa shape index (κ3) is 4.31. The van der Waals surface area contributed by atoms with Gasteiger partial charge >= 0.3 is 0 Å². The quantitative estimate of drug-likeness (QED) is 0.624. The van der Waals surface area contributed by atoms with E-state index >= 15 is 0 Å². The summed E-state index contributed by atoms with van der Waals surface area (Å²) in [6, 6.07) is 7.82. The van der Waals surface area contributed by atoms with Crippen LogP contribution in [0.3, 0.4) is 0 Å². The lowest BCUT2D eigenvalue weighted by Crippen LogP contribution is -2.34. The molecule has 1 saturated heterocycles. The van der Waals surface area contributed by atoms with Crippen LogP contribution in [-0.4, -0.2) is 31.3 Å². The van der Waals surface area contributed by atoms with Gasteiger partial charge in [0.05, 0.1) is 0 Å². The molecule has 1 aromatic carbocycles. The smallest absolute Gasteiger partial charge is 0.223 e. The third-order valence-corrected chi connectivity index (χ3v) is 5.85. The normalized spacial score (nSPS) is 22.0. The SMILES string of the molecule is Cl.O=C(NCCSc1ccc(Cl)cc1)C1CC12CCNCC2. The van der Waals surface area contributed by atoms with E-state index in [9.17, 15) is 4.79 Å². The molecule has 6 heteroatoms. The minimum Gasteiger partial charge on any atom is -0.355 e. The lowest BCUT2D eigenvalue weighted by Gasteiger charge is -2.23. The Morgan fingerprint density at radius 3 is 2.68 bits per heavy atom. The first-order valence-corrected chi connectivity index (χ1v) is 8.93. The maximum atomic E-state index is 12.2. The Balaban J connectivity index is 0.00000176. The number of carbonyl (C=O) groups excluding carboxylic acids is 1. The molecule has 0 radical (unpaired) electrons. The van der Waals surface area contributed by atoms with Gasteiger partial charge in [0, 0.05) is 28.1 Å². The van der Waals surface area contributed by atoms with Gasteiger partial charge in [0.15, 0.2) is 0 Å². The maximum absolute atomic E-state index is 12.2. The highest BCUT2D eigenvalue weighted by atomic mass is 35.5. The first-order chi connectivity index (χ1) is 10.2. The van der Waals surface area contributed by atoms with Crippen molar-refractivity contribution in [1.82, 2.24) is 10.6 Å². The first-order valence-electron chi connectivity index (χ1n) is 7.56. The number of amides is 1. The van der Waals surface area contributed by atoms with E-state index in [4.69, 9.17) is 11.6 Å². The Bertz CT molecular complexity index is 503. The van der Waals surface area contributed by atoms with Gasteiger partial charge in [-0.25, -0.2) is 0 Å². The topological polar surface area (TPSA) is 41.1 Å². The molecule has 1 atom stereocenters. The van der Waals surface area contributed by atoms with E-state index in [1.807, 2.05) is 24.3 Å². The molecule has 2 N–H and O–H groups in total. The summed E-state index contributed by atoms with van der Waals surface area (Å²) in [5.74, 6) is 1.42. The minimum atomic E-state index is 0. The third-order valence-electron chi connectivity index (χ3n) is 4.59. The van der Waals surface area contributed by atoms with E-state index in [1.165, 1.54) is 4.90 Å². The molecule has 1 heterocycles. The van der Waals surface area contributed by atoms with E-state index in [0.717, 1.165) is 49.7 Å². The standard InChI is InChI=1S/C16H21ClN2OS.ClH/c17-12-1-3-13(4-2-12)21-10-9-19-15(20)14-11-16(14)5-7-18-8-6-16;/h1-4,14,18H,5-11H2,(H,19,20);1H. The lowest BCUT2D eigenvalue weighted by atomic mass is 9.92.